The van der Waals surface area contributed by atoms with Crippen LogP contribution in [0.5, 0.6) is 0 Å². The van der Waals surface area contributed by atoms with Crippen molar-refractivity contribution in [3.8, 4) is 0 Å². The molecule has 0 aromatic carbocycles. The molecule has 3 rings (SSSR count). The highest BCUT2D eigenvalue weighted by Crippen LogP contribution is 2.55. The fourth-order valence-corrected chi connectivity index (χ4v) is 8.56. The van der Waals surface area contributed by atoms with E-state index in [1.165, 1.54) is 0 Å². The van der Waals surface area contributed by atoms with E-state index in [4.69, 9.17) is 14.2 Å². The summed E-state index contributed by atoms with van der Waals surface area (Å²) in [5.41, 5.74) is -1.91. The van der Waals surface area contributed by atoms with Crippen LogP contribution >= 0.6 is 0 Å². The summed E-state index contributed by atoms with van der Waals surface area (Å²) in [7, 11) is 0. The van der Waals surface area contributed by atoms with E-state index in [9.17, 15) is 25.2 Å². The van der Waals surface area contributed by atoms with Gasteiger partial charge in [0.15, 0.2) is 11.6 Å². The van der Waals surface area contributed by atoms with Gasteiger partial charge in [-0.05, 0) is 64.2 Å². The molecule has 0 aliphatic carbocycles. The Bertz CT molecular complexity index is 912. The van der Waals surface area contributed by atoms with Crippen LogP contribution in [0.3, 0.4) is 0 Å². The largest absolute Gasteiger partial charge is 0.392 e. The molecule has 4 unspecified atom stereocenters. The fourth-order valence-electron chi connectivity index (χ4n) is 8.56. The Morgan fingerprint density at radius 2 is 1.49 bits per heavy atom. The summed E-state index contributed by atoms with van der Waals surface area (Å²) < 4.78 is 19.2. The Morgan fingerprint density at radius 3 is 1.98 bits per heavy atom. The quantitative estimate of drug-likeness (QED) is 0.272. The van der Waals surface area contributed by atoms with Gasteiger partial charge < -0.3 is 34.6 Å². The van der Waals surface area contributed by atoms with E-state index in [2.05, 4.69) is 6.92 Å². The number of ketones is 1. The fraction of sp³-hybridized carbons (Fsp3) is 0.970. The average molecular weight is 585 g/mol. The summed E-state index contributed by atoms with van der Waals surface area (Å²) in [5, 5.41) is 45.0. The van der Waals surface area contributed by atoms with Crippen LogP contribution in [0.1, 0.15) is 115 Å². The molecule has 8 nitrogen and oxygen atoms in total. The zero-order valence-electron chi connectivity index (χ0n) is 27.5. The lowest BCUT2D eigenvalue weighted by atomic mass is 9.73. The summed E-state index contributed by atoms with van der Waals surface area (Å²) in [6.45, 7) is 21.1. The molecule has 3 heterocycles. The topological polar surface area (TPSA) is 126 Å². The molecule has 0 aromatic rings. The lowest BCUT2D eigenvalue weighted by Gasteiger charge is -2.48. The van der Waals surface area contributed by atoms with Crippen molar-refractivity contribution in [3.05, 3.63) is 0 Å². The molecule has 0 aromatic heterocycles. The summed E-state index contributed by atoms with van der Waals surface area (Å²) >= 11 is 0. The van der Waals surface area contributed by atoms with Crippen molar-refractivity contribution in [1.82, 2.24) is 0 Å². The molecule has 41 heavy (non-hydrogen) atoms. The maximum atomic E-state index is 14.0. The Kier molecular flexibility index (Phi) is 10.6. The molecule has 8 heteroatoms. The van der Waals surface area contributed by atoms with E-state index >= 15 is 0 Å². The van der Waals surface area contributed by atoms with E-state index < -0.39 is 52.9 Å². The van der Waals surface area contributed by atoms with E-state index in [0.717, 1.165) is 6.42 Å². The molecule has 0 radical (unpaired) electrons. The molecule has 15 atom stereocenters. The standard InChI is InChI=1S/C33H60O8/c1-12-25(27(36)22(8)26(35)23(9)28-18(4)15-20(6)32(37,14-3)40-28)29-19(5)16-30(11,39-29)33(38)21(7)17-31(13-2,41-33)24(10)34/h18-26,28-29,34-35,37-38H,12-17H2,1-11H3/t18-,19-,20+,21+,22-,23-,24?,25-,26+,28?,29-,30?,31+,32-,33?/m0/s1. The van der Waals surface area contributed by atoms with Gasteiger partial charge in [0.2, 0.25) is 0 Å². The third-order valence-corrected chi connectivity index (χ3v) is 11.6. The number of carbonyl (C=O) groups is 1. The second-order valence-electron chi connectivity index (χ2n) is 14.4. The van der Waals surface area contributed by atoms with E-state index in [-0.39, 0.29) is 41.5 Å². The van der Waals surface area contributed by atoms with Crippen LogP contribution in [-0.4, -0.2) is 73.4 Å². The van der Waals surface area contributed by atoms with Gasteiger partial charge in [0, 0.05) is 29.6 Å². The number of aliphatic hydroxyl groups excluding tert-OH is 2. The second kappa shape index (κ2) is 12.4. The Balaban J connectivity index is 1.78. The van der Waals surface area contributed by atoms with Crippen molar-refractivity contribution >= 4 is 5.78 Å². The lowest BCUT2D eigenvalue weighted by Crippen LogP contribution is -2.57. The number of carbonyl (C=O) groups excluding carboxylic acids is 1. The normalized spacial score (nSPS) is 47.1. The van der Waals surface area contributed by atoms with Gasteiger partial charge in [-0.2, -0.15) is 0 Å². The molecule has 3 aliphatic rings. The van der Waals surface area contributed by atoms with Crippen LogP contribution < -0.4 is 0 Å². The third-order valence-electron chi connectivity index (χ3n) is 11.6. The highest BCUT2D eigenvalue weighted by atomic mass is 16.7. The number of aliphatic hydroxyl groups is 4. The first-order chi connectivity index (χ1) is 18.9. The molecule has 0 saturated carbocycles. The van der Waals surface area contributed by atoms with Crippen LogP contribution in [0.15, 0.2) is 0 Å². The van der Waals surface area contributed by atoms with E-state index in [0.29, 0.717) is 32.1 Å². The van der Waals surface area contributed by atoms with Gasteiger partial charge >= 0.3 is 0 Å². The van der Waals surface area contributed by atoms with Gasteiger partial charge in [0.1, 0.15) is 11.4 Å². The van der Waals surface area contributed by atoms with Gasteiger partial charge in [0.25, 0.3) is 0 Å². The molecule has 0 bridgehead atoms. The lowest BCUT2D eigenvalue weighted by molar-refractivity contribution is -0.331. The Labute approximate surface area is 248 Å². The summed E-state index contributed by atoms with van der Waals surface area (Å²) in [5.74, 6) is -4.54. The average Bonchev–Trinajstić information content (AvgIpc) is 3.39. The van der Waals surface area contributed by atoms with Crippen LogP contribution in [0.25, 0.3) is 0 Å². The summed E-state index contributed by atoms with van der Waals surface area (Å²) in [6.07, 6.45) is 0.883. The summed E-state index contributed by atoms with van der Waals surface area (Å²) in [6, 6.07) is 0. The number of rotatable bonds is 11. The van der Waals surface area contributed by atoms with Crippen molar-refractivity contribution in [2.24, 2.45) is 41.4 Å². The first kappa shape index (κ1) is 34.9. The van der Waals surface area contributed by atoms with Gasteiger partial charge in [-0.3, -0.25) is 4.79 Å². The van der Waals surface area contributed by atoms with Crippen LogP contribution in [0.4, 0.5) is 0 Å². The number of ether oxygens (including phenoxy) is 3. The van der Waals surface area contributed by atoms with Crippen LogP contribution in [0.2, 0.25) is 0 Å². The summed E-state index contributed by atoms with van der Waals surface area (Å²) in [4.78, 5) is 14.0. The van der Waals surface area contributed by atoms with E-state index in [1.807, 2.05) is 55.4 Å². The number of hydrogen-bond donors (Lipinski definition) is 4. The SMILES string of the molecule is CC[C@@H](C(=O)[C@@H](C)[C@@H](O)[C@H](C)C1O[C@@](O)(CC)[C@H](C)C[C@@H]1C)[C@H]1OC(C)(C2(O)O[C@@](CC)(C(C)O)C[C@H]2C)C[C@@H]1C. The third kappa shape index (κ3) is 5.93. The predicted molar refractivity (Wildman–Crippen MR) is 158 cm³/mol. The van der Waals surface area contributed by atoms with Crippen LogP contribution in [-0.2, 0) is 19.0 Å². The first-order valence-electron chi connectivity index (χ1n) is 16.3. The molecular formula is C33H60O8. The van der Waals surface area contributed by atoms with Crippen molar-refractivity contribution < 1.29 is 39.4 Å². The smallest absolute Gasteiger partial charge is 0.198 e. The van der Waals surface area contributed by atoms with Gasteiger partial charge in [-0.15, -0.1) is 0 Å². The Hall–Kier alpha value is -0.610. The molecule has 3 saturated heterocycles. The van der Waals surface area contributed by atoms with Crippen molar-refractivity contribution in [1.29, 1.82) is 0 Å². The predicted octanol–water partition coefficient (Wildman–Crippen LogP) is 4.83. The maximum Gasteiger partial charge on any atom is 0.198 e. The molecule has 0 spiro atoms. The van der Waals surface area contributed by atoms with Crippen LogP contribution in [0, 0.1) is 41.4 Å². The molecule has 4 N–H and O–H groups in total. The minimum Gasteiger partial charge on any atom is -0.392 e. The molecule has 240 valence electrons. The van der Waals surface area contributed by atoms with Gasteiger partial charge in [-0.25, -0.2) is 0 Å². The van der Waals surface area contributed by atoms with Crippen molar-refractivity contribution in [2.45, 2.75) is 162 Å². The monoisotopic (exact) mass is 584 g/mol. The minimum atomic E-state index is -1.61. The highest BCUT2D eigenvalue weighted by Gasteiger charge is 2.66. The number of hydrogen-bond acceptors (Lipinski definition) is 8. The van der Waals surface area contributed by atoms with Crippen molar-refractivity contribution in [2.75, 3.05) is 0 Å². The van der Waals surface area contributed by atoms with Gasteiger partial charge in [0.05, 0.1) is 30.0 Å². The zero-order valence-corrected chi connectivity index (χ0v) is 27.5. The van der Waals surface area contributed by atoms with Crippen molar-refractivity contribution in [3.63, 3.8) is 0 Å². The zero-order chi connectivity index (χ0) is 31.3. The van der Waals surface area contributed by atoms with E-state index in [1.54, 1.807) is 13.8 Å². The molecule has 3 fully saturated rings. The molecular weight excluding hydrogens is 524 g/mol. The maximum absolute atomic E-state index is 14.0. The molecule has 0 amide bonds. The molecule has 3 aliphatic heterocycles. The second-order valence-corrected chi connectivity index (χ2v) is 14.4. The first-order valence-corrected chi connectivity index (χ1v) is 16.3. The number of Topliss-reactive ketones (excluding diaryl/α,β-unsaturated/α-hetero) is 1. The Morgan fingerprint density at radius 1 is 0.878 bits per heavy atom. The van der Waals surface area contributed by atoms with Gasteiger partial charge in [-0.1, -0.05) is 62.3 Å². The minimum absolute atomic E-state index is 0.00797. The highest BCUT2D eigenvalue weighted by molar-refractivity contribution is 5.84.